The molecule has 1 aliphatic rings. The number of hydrogen-bond acceptors (Lipinski definition) is 7. The van der Waals surface area contributed by atoms with Crippen molar-refractivity contribution in [2.24, 2.45) is 0 Å². The molecule has 1 saturated heterocycles. The molecule has 0 radical (unpaired) electrons. The minimum atomic E-state index is -1.25. The first-order chi connectivity index (χ1) is 9.93. The lowest BCUT2D eigenvalue weighted by Gasteiger charge is -2.17. The number of anilines is 1. The average Bonchev–Trinajstić information content (AvgIpc) is 2.89. The van der Waals surface area contributed by atoms with Crippen LogP contribution in [0.15, 0.2) is 11.0 Å². The Morgan fingerprint density at radius 3 is 2.81 bits per heavy atom. The van der Waals surface area contributed by atoms with Gasteiger partial charge in [0.1, 0.15) is 18.3 Å². The molecule has 0 amide bonds. The Kier molecular flexibility index (Phi) is 3.65. The molecule has 1 unspecified atom stereocenters. The highest BCUT2D eigenvalue weighted by molar-refractivity contribution is 14.1. The van der Waals surface area contributed by atoms with E-state index in [4.69, 9.17) is 15.6 Å². The number of halogens is 1. The zero-order chi connectivity index (χ0) is 15.3. The van der Waals surface area contributed by atoms with E-state index >= 15 is 0 Å². The first-order valence-electron chi connectivity index (χ1n) is 6.12. The number of H-pyrrole nitrogens is 1. The summed E-state index contributed by atoms with van der Waals surface area (Å²) in [6.07, 6.45) is -2.77. The molecule has 0 bridgehead atoms. The number of nitrogens with one attached hydrogen (secondary N) is 1. The molecule has 0 aliphatic carbocycles. The van der Waals surface area contributed by atoms with Crippen molar-refractivity contribution in [3.63, 3.8) is 0 Å². The normalized spacial score (nSPS) is 29.3. The number of nitrogens with two attached hydrogens (primary N) is 1. The molecule has 0 saturated carbocycles. The first-order valence-corrected chi connectivity index (χ1v) is 7.20. The van der Waals surface area contributed by atoms with Crippen molar-refractivity contribution in [2.75, 3.05) is 12.3 Å². The van der Waals surface area contributed by atoms with E-state index < -0.39 is 36.7 Å². The predicted octanol–water partition coefficient (Wildman–Crippen LogP) is -1.48. The van der Waals surface area contributed by atoms with Gasteiger partial charge in [-0.15, -0.1) is 0 Å². The maximum atomic E-state index is 11.9. The predicted molar refractivity (Wildman–Crippen MR) is 80.5 cm³/mol. The number of aromatic nitrogens is 3. The highest BCUT2D eigenvalue weighted by atomic mass is 127. The second kappa shape index (κ2) is 5.21. The van der Waals surface area contributed by atoms with E-state index in [0.29, 0.717) is 8.96 Å². The average molecular weight is 408 g/mol. The molecule has 2 aromatic rings. The molecule has 9 nitrogen and oxygen atoms in total. The smallest absolute Gasteiger partial charge is 0.262 e. The van der Waals surface area contributed by atoms with E-state index in [1.54, 1.807) is 6.20 Å². The molecule has 6 N–H and O–H groups in total. The van der Waals surface area contributed by atoms with Crippen molar-refractivity contribution in [1.29, 1.82) is 0 Å². The summed E-state index contributed by atoms with van der Waals surface area (Å²) in [5, 5.41) is 29.3. The maximum absolute atomic E-state index is 11.9. The van der Waals surface area contributed by atoms with Gasteiger partial charge in [-0.05, 0) is 22.6 Å². The fraction of sp³-hybridized carbons (Fsp3) is 0.455. The largest absolute Gasteiger partial charge is 0.394 e. The number of fused-ring (bicyclic) bond motifs is 1. The third kappa shape index (κ3) is 2.23. The minimum Gasteiger partial charge on any atom is -0.394 e. The molecular weight excluding hydrogens is 395 g/mol. The van der Waals surface area contributed by atoms with Crippen LogP contribution < -0.4 is 11.3 Å². The summed E-state index contributed by atoms with van der Waals surface area (Å²) in [4.78, 5) is 18.4. The summed E-state index contributed by atoms with van der Waals surface area (Å²) in [5.74, 6) is -0.0602. The monoisotopic (exact) mass is 408 g/mol. The highest BCUT2D eigenvalue weighted by Gasteiger charge is 2.44. The third-order valence-electron chi connectivity index (χ3n) is 3.45. The Labute approximate surface area is 131 Å². The van der Waals surface area contributed by atoms with E-state index in [1.165, 1.54) is 4.57 Å². The van der Waals surface area contributed by atoms with Crippen molar-refractivity contribution >= 4 is 39.6 Å². The van der Waals surface area contributed by atoms with Crippen LogP contribution in [0.25, 0.3) is 11.0 Å². The molecule has 0 spiro atoms. The Bertz CT molecular complexity index is 744. The van der Waals surface area contributed by atoms with Crippen LogP contribution in [0, 0.1) is 3.57 Å². The number of aliphatic hydroxyl groups excluding tert-OH is 3. The summed E-state index contributed by atoms with van der Waals surface area (Å²) < 4.78 is 7.48. The number of rotatable bonds is 2. The molecule has 21 heavy (non-hydrogen) atoms. The van der Waals surface area contributed by atoms with Gasteiger partial charge in [0.2, 0.25) is 5.95 Å². The lowest BCUT2D eigenvalue weighted by Crippen LogP contribution is -2.33. The minimum absolute atomic E-state index is 0.0602. The molecule has 1 fully saturated rings. The number of aliphatic hydroxyl groups is 3. The zero-order valence-electron chi connectivity index (χ0n) is 10.6. The Balaban J connectivity index is 2.16. The van der Waals surface area contributed by atoms with Crippen molar-refractivity contribution in [3.05, 3.63) is 20.1 Å². The van der Waals surface area contributed by atoms with Gasteiger partial charge in [0.25, 0.3) is 5.56 Å². The summed E-state index contributed by atoms with van der Waals surface area (Å²) >= 11 is 1.96. The lowest BCUT2D eigenvalue weighted by molar-refractivity contribution is -0.0509. The number of ether oxygens (including phenoxy) is 1. The molecular formula is C11H13IN4O5. The van der Waals surface area contributed by atoms with Gasteiger partial charge in [-0.25, -0.2) is 0 Å². The molecule has 3 rings (SSSR count). The molecule has 10 heteroatoms. The third-order valence-corrected chi connectivity index (χ3v) is 4.26. The van der Waals surface area contributed by atoms with Gasteiger partial charge in [-0.2, -0.15) is 4.98 Å². The van der Waals surface area contributed by atoms with E-state index in [9.17, 15) is 15.0 Å². The van der Waals surface area contributed by atoms with Crippen LogP contribution in [0.1, 0.15) is 6.23 Å². The summed E-state index contributed by atoms with van der Waals surface area (Å²) in [5.41, 5.74) is 5.39. The van der Waals surface area contributed by atoms with Gasteiger partial charge >= 0.3 is 0 Å². The standard InChI is InChI=1S/C11H13IN4O5/c12-3-1-16(8-5(3)9(20)15-11(13)14-8)10-7(19)6(18)4(2-17)21-10/h1,4,6-7,10,17-19H,2H2,(H3,13,14,15,20)/t4-,6?,7+,10-/m1/s1. The summed E-state index contributed by atoms with van der Waals surface area (Å²) in [7, 11) is 0. The maximum Gasteiger partial charge on any atom is 0.262 e. The molecule has 2 aromatic heterocycles. The van der Waals surface area contributed by atoms with Gasteiger partial charge in [0.15, 0.2) is 11.9 Å². The van der Waals surface area contributed by atoms with Crippen LogP contribution in [0.2, 0.25) is 0 Å². The molecule has 0 aromatic carbocycles. The van der Waals surface area contributed by atoms with Crippen LogP contribution >= 0.6 is 22.6 Å². The number of nitrogens with zero attached hydrogens (tertiary/aromatic N) is 2. The first kappa shape index (κ1) is 14.7. The Morgan fingerprint density at radius 2 is 2.19 bits per heavy atom. The van der Waals surface area contributed by atoms with Gasteiger partial charge in [-0.3, -0.25) is 9.78 Å². The molecule has 3 heterocycles. The lowest BCUT2D eigenvalue weighted by atomic mass is 10.1. The molecule has 4 atom stereocenters. The van der Waals surface area contributed by atoms with E-state index in [1.807, 2.05) is 22.6 Å². The van der Waals surface area contributed by atoms with Crippen molar-refractivity contribution in [3.8, 4) is 0 Å². The Morgan fingerprint density at radius 1 is 1.48 bits per heavy atom. The SMILES string of the molecule is Nc1nc2c(c(I)cn2[C@@H]2O[C@H](CO)C(O)[C@@H]2O)c(=O)[nH]1. The second-order valence-electron chi connectivity index (χ2n) is 4.76. The van der Waals surface area contributed by atoms with Gasteiger partial charge in [0.05, 0.1) is 12.0 Å². The van der Waals surface area contributed by atoms with Crippen molar-refractivity contribution < 1.29 is 20.1 Å². The van der Waals surface area contributed by atoms with E-state index in [0.717, 1.165) is 0 Å². The van der Waals surface area contributed by atoms with E-state index in [2.05, 4.69) is 9.97 Å². The van der Waals surface area contributed by atoms with Crippen LogP contribution in [0.4, 0.5) is 5.95 Å². The van der Waals surface area contributed by atoms with Gasteiger partial charge in [-0.1, -0.05) is 0 Å². The fourth-order valence-electron chi connectivity index (χ4n) is 2.43. The quantitative estimate of drug-likeness (QED) is 0.381. The second-order valence-corrected chi connectivity index (χ2v) is 5.93. The van der Waals surface area contributed by atoms with Crippen LogP contribution in [-0.4, -0.2) is 54.8 Å². The van der Waals surface area contributed by atoms with E-state index in [-0.39, 0.29) is 11.6 Å². The molecule has 1 aliphatic heterocycles. The number of nitrogen functional groups attached to an aromatic ring is 1. The van der Waals surface area contributed by atoms with Crippen molar-refractivity contribution in [1.82, 2.24) is 14.5 Å². The van der Waals surface area contributed by atoms with Crippen LogP contribution in [0.3, 0.4) is 0 Å². The van der Waals surface area contributed by atoms with Gasteiger partial charge < -0.3 is 30.4 Å². The number of aromatic amines is 1. The topological polar surface area (TPSA) is 147 Å². The van der Waals surface area contributed by atoms with Crippen LogP contribution in [-0.2, 0) is 4.74 Å². The number of hydrogen-bond donors (Lipinski definition) is 5. The summed E-state index contributed by atoms with van der Waals surface area (Å²) in [6.45, 7) is -0.429. The summed E-state index contributed by atoms with van der Waals surface area (Å²) in [6, 6.07) is 0. The van der Waals surface area contributed by atoms with Crippen molar-refractivity contribution in [2.45, 2.75) is 24.5 Å². The fourth-order valence-corrected chi connectivity index (χ4v) is 3.22. The molecule has 114 valence electrons. The van der Waals surface area contributed by atoms with Crippen LogP contribution in [0.5, 0.6) is 0 Å². The Hall–Kier alpha value is -1.21. The zero-order valence-corrected chi connectivity index (χ0v) is 12.8. The highest BCUT2D eigenvalue weighted by Crippen LogP contribution is 2.32. The van der Waals surface area contributed by atoms with Gasteiger partial charge in [0, 0.05) is 9.77 Å².